The second-order valence-corrected chi connectivity index (χ2v) is 6.14. The first-order valence-electron chi connectivity index (χ1n) is 7.67. The van der Waals surface area contributed by atoms with Crippen LogP contribution in [-0.4, -0.2) is 23.1 Å². The number of hydrogen-bond donors (Lipinski definition) is 2. The Hall–Kier alpha value is -2.23. The third-order valence-corrected chi connectivity index (χ3v) is 3.45. The predicted molar refractivity (Wildman–Crippen MR) is 93.3 cm³/mol. The van der Waals surface area contributed by atoms with E-state index in [9.17, 15) is 15.0 Å². The zero-order valence-corrected chi connectivity index (χ0v) is 14.7. The summed E-state index contributed by atoms with van der Waals surface area (Å²) >= 11 is 0. The average molecular weight is 318 g/mol. The number of carbonyl (C=O) groups is 1. The Morgan fingerprint density at radius 2 is 1.78 bits per heavy atom. The fourth-order valence-corrected chi connectivity index (χ4v) is 2.27. The highest BCUT2D eigenvalue weighted by molar-refractivity contribution is 6.02. The van der Waals surface area contributed by atoms with Crippen LogP contribution in [0.4, 0.5) is 0 Å². The van der Waals surface area contributed by atoms with Gasteiger partial charge in [-0.25, -0.2) is 0 Å². The second-order valence-electron chi connectivity index (χ2n) is 6.14. The lowest BCUT2D eigenvalue weighted by Gasteiger charge is -2.17. The van der Waals surface area contributed by atoms with Crippen molar-refractivity contribution in [3.63, 3.8) is 0 Å². The molecule has 1 aromatic rings. The van der Waals surface area contributed by atoms with Crippen molar-refractivity contribution in [1.29, 1.82) is 0 Å². The molecular weight excluding hydrogens is 292 g/mol. The van der Waals surface area contributed by atoms with Crippen LogP contribution in [0.5, 0.6) is 17.2 Å². The molecule has 1 aromatic carbocycles. The zero-order valence-electron chi connectivity index (χ0n) is 14.7. The maximum absolute atomic E-state index is 12.0. The Bertz CT molecular complexity index is 648. The number of carbonyl (C=O) groups excluding carboxylic acids is 1. The molecule has 0 heterocycles. The van der Waals surface area contributed by atoms with E-state index in [0.29, 0.717) is 12.0 Å². The number of benzene rings is 1. The molecule has 0 aliphatic heterocycles. The van der Waals surface area contributed by atoms with Crippen LogP contribution >= 0.6 is 0 Å². The number of Topliss-reactive ketones (excluding diaryl/α,β-unsaturated/α-hetero) is 1. The predicted octanol–water partition coefficient (Wildman–Crippen LogP) is 4.49. The van der Waals surface area contributed by atoms with E-state index in [2.05, 4.69) is 0 Å². The Morgan fingerprint density at radius 3 is 2.22 bits per heavy atom. The highest BCUT2D eigenvalue weighted by atomic mass is 16.5. The van der Waals surface area contributed by atoms with E-state index in [0.717, 1.165) is 5.57 Å². The summed E-state index contributed by atoms with van der Waals surface area (Å²) in [6.07, 6.45) is 5.86. The lowest BCUT2D eigenvalue weighted by molar-refractivity contribution is 0.101. The molecule has 4 nitrogen and oxygen atoms in total. The van der Waals surface area contributed by atoms with Crippen molar-refractivity contribution in [1.82, 2.24) is 0 Å². The van der Waals surface area contributed by atoms with Crippen LogP contribution in [0.15, 0.2) is 17.7 Å². The van der Waals surface area contributed by atoms with Crippen LogP contribution in [-0.2, 0) is 6.42 Å². The van der Waals surface area contributed by atoms with E-state index < -0.39 is 0 Å². The fourth-order valence-electron chi connectivity index (χ4n) is 2.27. The van der Waals surface area contributed by atoms with E-state index in [1.807, 2.05) is 39.8 Å². The van der Waals surface area contributed by atoms with Crippen LogP contribution < -0.4 is 4.74 Å². The van der Waals surface area contributed by atoms with Gasteiger partial charge >= 0.3 is 0 Å². The lowest BCUT2D eigenvalue weighted by atomic mass is 9.95. The van der Waals surface area contributed by atoms with Crippen LogP contribution in [0, 0.1) is 5.92 Å². The smallest absolute Gasteiger partial charge is 0.167 e. The van der Waals surface area contributed by atoms with Crippen LogP contribution in [0.25, 0.3) is 6.08 Å². The highest BCUT2D eigenvalue weighted by Crippen LogP contribution is 2.44. The molecule has 0 radical (unpaired) electrons. The third kappa shape index (κ3) is 4.38. The largest absolute Gasteiger partial charge is 0.507 e. The molecule has 0 saturated carbocycles. The Labute approximate surface area is 138 Å². The number of phenols is 2. The molecule has 0 unspecified atom stereocenters. The highest BCUT2D eigenvalue weighted by Gasteiger charge is 2.25. The molecule has 0 saturated heterocycles. The van der Waals surface area contributed by atoms with Crippen LogP contribution in [0.2, 0.25) is 0 Å². The van der Waals surface area contributed by atoms with Gasteiger partial charge in [-0.1, -0.05) is 37.6 Å². The van der Waals surface area contributed by atoms with E-state index in [1.165, 1.54) is 14.0 Å². The standard InChI is InChI=1S/C19H26O4/c1-11(2)7-9-14-17(21)15(10-8-12(3)4)19(23-6)16(13(5)20)18(14)22/h7-9,11,21-22H,10H2,1-6H3/b9-7-. The molecular formula is C19H26O4. The van der Waals surface area contributed by atoms with Gasteiger partial charge in [0, 0.05) is 5.56 Å². The summed E-state index contributed by atoms with van der Waals surface area (Å²) in [5, 5.41) is 21.0. The van der Waals surface area contributed by atoms with E-state index in [1.54, 1.807) is 6.08 Å². The molecule has 0 atom stereocenters. The van der Waals surface area contributed by atoms with Crippen LogP contribution in [0.1, 0.15) is 56.1 Å². The number of hydrogen-bond acceptors (Lipinski definition) is 4. The molecule has 0 aromatic heterocycles. The first kappa shape index (κ1) is 18.8. The molecule has 126 valence electrons. The SMILES string of the molecule is COc1c(CC=C(C)C)c(O)c(/C=C\C(C)C)c(O)c1C(C)=O. The van der Waals surface area contributed by atoms with Gasteiger partial charge in [-0.05, 0) is 33.1 Å². The molecule has 0 amide bonds. The zero-order chi connectivity index (χ0) is 17.7. The molecule has 0 spiro atoms. The molecule has 1 rings (SSSR count). The number of aromatic hydroxyl groups is 2. The summed E-state index contributed by atoms with van der Waals surface area (Å²) in [5.41, 5.74) is 1.94. The topological polar surface area (TPSA) is 66.8 Å². The fraction of sp³-hybridized carbons (Fsp3) is 0.421. The summed E-state index contributed by atoms with van der Waals surface area (Å²) in [6, 6.07) is 0. The van der Waals surface area contributed by atoms with Gasteiger partial charge < -0.3 is 14.9 Å². The summed E-state index contributed by atoms with van der Waals surface area (Å²) < 4.78 is 5.32. The third-order valence-electron chi connectivity index (χ3n) is 3.45. The molecule has 23 heavy (non-hydrogen) atoms. The van der Waals surface area contributed by atoms with Gasteiger partial charge in [0.15, 0.2) is 5.78 Å². The van der Waals surface area contributed by atoms with Crippen molar-refractivity contribution >= 4 is 11.9 Å². The number of phenolic OH excluding ortho intramolecular Hbond substituents is 2. The summed E-state index contributed by atoms with van der Waals surface area (Å²) in [5.74, 6) is -0.134. The van der Waals surface area contributed by atoms with Gasteiger partial charge in [-0.2, -0.15) is 0 Å². The normalized spacial score (nSPS) is 11.1. The van der Waals surface area contributed by atoms with E-state index >= 15 is 0 Å². The average Bonchev–Trinajstić information content (AvgIpc) is 2.44. The first-order valence-corrected chi connectivity index (χ1v) is 7.67. The molecule has 0 bridgehead atoms. The molecule has 2 N–H and O–H groups in total. The Morgan fingerprint density at radius 1 is 1.17 bits per heavy atom. The Kier molecular flexibility index (Phi) is 6.43. The lowest BCUT2D eigenvalue weighted by Crippen LogP contribution is -2.04. The van der Waals surface area contributed by atoms with Gasteiger partial charge in [0.05, 0.1) is 12.7 Å². The molecule has 4 heteroatoms. The summed E-state index contributed by atoms with van der Waals surface area (Å²) in [6.45, 7) is 9.26. The summed E-state index contributed by atoms with van der Waals surface area (Å²) in [4.78, 5) is 12.0. The van der Waals surface area contributed by atoms with Gasteiger partial charge in [-0.3, -0.25) is 4.79 Å². The molecule has 0 fully saturated rings. The van der Waals surface area contributed by atoms with Gasteiger partial charge in [0.1, 0.15) is 22.8 Å². The van der Waals surface area contributed by atoms with Crippen molar-refractivity contribution in [3.8, 4) is 17.2 Å². The van der Waals surface area contributed by atoms with Gasteiger partial charge in [0.2, 0.25) is 0 Å². The first-order chi connectivity index (χ1) is 10.7. The number of methoxy groups -OCH3 is 1. The minimum atomic E-state index is -0.308. The van der Waals surface area contributed by atoms with Crippen LogP contribution in [0.3, 0.4) is 0 Å². The molecule has 0 aliphatic carbocycles. The molecule has 0 aliphatic rings. The van der Waals surface area contributed by atoms with Crippen molar-refractivity contribution in [3.05, 3.63) is 34.4 Å². The Balaban J connectivity index is 3.72. The van der Waals surface area contributed by atoms with Crippen molar-refractivity contribution in [2.45, 2.75) is 41.0 Å². The number of ketones is 1. The minimum Gasteiger partial charge on any atom is -0.507 e. The number of allylic oxidation sites excluding steroid dienone is 3. The number of ether oxygens (including phenoxy) is 1. The summed E-state index contributed by atoms with van der Waals surface area (Å²) in [7, 11) is 1.43. The van der Waals surface area contributed by atoms with Gasteiger partial charge in [-0.15, -0.1) is 0 Å². The maximum atomic E-state index is 12.0. The second kappa shape index (κ2) is 7.86. The van der Waals surface area contributed by atoms with Crippen molar-refractivity contribution < 1.29 is 19.7 Å². The van der Waals surface area contributed by atoms with Crippen molar-refractivity contribution in [2.24, 2.45) is 5.92 Å². The van der Waals surface area contributed by atoms with Gasteiger partial charge in [0.25, 0.3) is 0 Å². The van der Waals surface area contributed by atoms with E-state index in [-0.39, 0.29) is 40.1 Å². The quantitative estimate of drug-likeness (QED) is 0.599. The number of rotatable bonds is 6. The van der Waals surface area contributed by atoms with E-state index in [4.69, 9.17) is 4.74 Å². The maximum Gasteiger partial charge on any atom is 0.167 e. The minimum absolute atomic E-state index is 0.0567. The van der Waals surface area contributed by atoms with Crippen molar-refractivity contribution in [2.75, 3.05) is 7.11 Å². The monoisotopic (exact) mass is 318 g/mol.